The van der Waals surface area contributed by atoms with Crippen LogP contribution >= 0.6 is 15.9 Å². The van der Waals surface area contributed by atoms with Crippen LogP contribution in [-0.4, -0.2) is 20.1 Å². The Hall–Kier alpha value is -0.610. The standard InChI is InChI=1S/C13H20BrFN2/c1-9(2)10(7-16)8-17(3)13-6-11(14)4-5-12(13)15/h4-6,9-10H,7-8,16H2,1-3H3. The molecule has 0 saturated carbocycles. The lowest BCUT2D eigenvalue weighted by molar-refractivity contribution is 0.396. The highest BCUT2D eigenvalue weighted by molar-refractivity contribution is 9.10. The molecule has 0 bridgehead atoms. The molecule has 0 radical (unpaired) electrons. The molecule has 2 N–H and O–H groups in total. The molecule has 2 nitrogen and oxygen atoms in total. The van der Waals surface area contributed by atoms with Crippen molar-refractivity contribution in [3.8, 4) is 0 Å². The fourth-order valence-electron chi connectivity index (χ4n) is 1.79. The molecule has 0 fully saturated rings. The summed E-state index contributed by atoms with van der Waals surface area (Å²) in [6, 6.07) is 4.97. The van der Waals surface area contributed by atoms with Gasteiger partial charge in [0.2, 0.25) is 0 Å². The van der Waals surface area contributed by atoms with Crippen molar-refractivity contribution in [3.05, 3.63) is 28.5 Å². The molecule has 0 aromatic heterocycles. The van der Waals surface area contributed by atoms with E-state index < -0.39 is 0 Å². The highest BCUT2D eigenvalue weighted by Gasteiger charge is 2.16. The monoisotopic (exact) mass is 302 g/mol. The molecule has 1 aromatic carbocycles. The van der Waals surface area contributed by atoms with Gasteiger partial charge in [0.05, 0.1) is 5.69 Å². The summed E-state index contributed by atoms with van der Waals surface area (Å²) in [4.78, 5) is 1.93. The first-order valence-corrected chi connectivity index (χ1v) is 6.61. The molecule has 0 aliphatic heterocycles. The largest absolute Gasteiger partial charge is 0.372 e. The molecular weight excluding hydrogens is 283 g/mol. The molecule has 0 aliphatic rings. The van der Waals surface area contributed by atoms with E-state index >= 15 is 0 Å². The Morgan fingerprint density at radius 1 is 1.41 bits per heavy atom. The first-order valence-electron chi connectivity index (χ1n) is 5.82. The average Bonchev–Trinajstić information content (AvgIpc) is 2.28. The summed E-state index contributed by atoms with van der Waals surface area (Å²) >= 11 is 3.36. The topological polar surface area (TPSA) is 29.3 Å². The molecular formula is C13H20BrFN2. The summed E-state index contributed by atoms with van der Waals surface area (Å²) in [7, 11) is 1.90. The molecule has 4 heteroatoms. The van der Waals surface area contributed by atoms with Crippen LogP contribution in [0.5, 0.6) is 0 Å². The smallest absolute Gasteiger partial charge is 0.146 e. The molecule has 17 heavy (non-hydrogen) atoms. The van der Waals surface area contributed by atoms with Crippen molar-refractivity contribution in [3.63, 3.8) is 0 Å². The molecule has 0 amide bonds. The van der Waals surface area contributed by atoms with Crippen molar-refractivity contribution in [2.24, 2.45) is 17.6 Å². The number of halogens is 2. The minimum atomic E-state index is -0.199. The number of anilines is 1. The summed E-state index contributed by atoms with van der Waals surface area (Å²) in [5.74, 6) is 0.672. The first-order chi connectivity index (χ1) is 7.95. The number of hydrogen-bond acceptors (Lipinski definition) is 2. The highest BCUT2D eigenvalue weighted by atomic mass is 79.9. The third kappa shape index (κ3) is 3.96. The van der Waals surface area contributed by atoms with E-state index in [1.54, 1.807) is 12.1 Å². The molecule has 96 valence electrons. The number of hydrogen-bond donors (Lipinski definition) is 1. The van der Waals surface area contributed by atoms with Gasteiger partial charge in [0.1, 0.15) is 5.82 Å². The minimum absolute atomic E-state index is 0.199. The zero-order valence-corrected chi connectivity index (χ0v) is 12.2. The zero-order chi connectivity index (χ0) is 13.0. The van der Waals surface area contributed by atoms with E-state index in [1.165, 1.54) is 6.07 Å². The van der Waals surface area contributed by atoms with E-state index in [1.807, 2.05) is 11.9 Å². The lowest BCUT2D eigenvalue weighted by atomic mass is 9.95. The molecule has 1 atom stereocenters. The lowest BCUT2D eigenvalue weighted by Crippen LogP contribution is -2.33. The summed E-state index contributed by atoms with van der Waals surface area (Å²) in [6.45, 7) is 5.67. The maximum Gasteiger partial charge on any atom is 0.146 e. The highest BCUT2D eigenvalue weighted by Crippen LogP contribution is 2.24. The Morgan fingerprint density at radius 3 is 2.59 bits per heavy atom. The number of nitrogens with two attached hydrogens (primary N) is 1. The van der Waals surface area contributed by atoms with Gasteiger partial charge >= 0.3 is 0 Å². The second-order valence-electron chi connectivity index (χ2n) is 4.72. The Labute approximate surface area is 111 Å². The molecule has 0 heterocycles. The third-order valence-corrected chi connectivity index (χ3v) is 3.57. The normalized spacial score (nSPS) is 12.9. The van der Waals surface area contributed by atoms with Gasteiger partial charge in [-0.15, -0.1) is 0 Å². The van der Waals surface area contributed by atoms with Gasteiger partial charge in [0.15, 0.2) is 0 Å². The SMILES string of the molecule is CC(C)C(CN)CN(C)c1cc(Br)ccc1F. The predicted octanol–water partition coefficient (Wildman–Crippen LogP) is 3.26. The van der Waals surface area contributed by atoms with Crippen LogP contribution in [-0.2, 0) is 0 Å². The molecule has 0 spiro atoms. The third-order valence-electron chi connectivity index (χ3n) is 3.07. The van der Waals surface area contributed by atoms with Gasteiger partial charge in [-0.3, -0.25) is 0 Å². The Kier molecular flexibility index (Phi) is 5.40. The average molecular weight is 303 g/mol. The number of benzene rings is 1. The molecule has 1 aromatic rings. The van der Waals surface area contributed by atoms with Gasteiger partial charge < -0.3 is 10.6 Å². The van der Waals surface area contributed by atoms with Crippen LogP contribution in [0.25, 0.3) is 0 Å². The quantitative estimate of drug-likeness (QED) is 0.904. The first kappa shape index (κ1) is 14.5. The predicted molar refractivity (Wildman–Crippen MR) is 74.8 cm³/mol. The molecule has 0 aliphatic carbocycles. The van der Waals surface area contributed by atoms with Crippen LogP contribution in [0.4, 0.5) is 10.1 Å². The van der Waals surface area contributed by atoms with Crippen molar-refractivity contribution in [1.82, 2.24) is 0 Å². The van der Waals surface area contributed by atoms with Crippen LogP contribution in [0.15, 0.2) is 22.7 Å². The maximum absolute atomic E-state index is 13.7. The molecule has 0 saturated heterocycles. The number of rotatable bonds is 5. The van der Waals surface area contributed by atoms with Crippen LogP contribution < -0.4 is 10.6 Å². The number of nitrogens with zero attached hydrogens (tertiary/aromatic N) is 1. The van der Waals surface area contributed by atoms with E-state index in [4.69, 9.17) is 5.73 Å². The van der Waals surface area contributed by atoms with E-state index in [0.29, 0.717) is 24.1 Å². The van der Waals surface area contributed by atoms with E-state index in [-0.39, 0.29) is 5.82 Å². The van der Waals surface area contributed by atoms with Crippen molar-refractivity contribution in [2.75, 3.05) is 25.0 Å². The second-order valence-corrected chi connectivity index (χ2v) is 5.63. The van der Waals surface area contributed by atoms with E-state index in [9.17, 15) is 4.39 Å². The van der Waals surface area contributed by atoms with Crippen molar-refractivity contribution >= 4 is 21.6 Å². The van der Waals surface area contributed by atoms with Gasteiger partial charge in [-0.2, -0.15) is 0 Å². The second kappa shape index (κ2) is 6.36. The van der Waals surface area contributed by atoms with Crippen LogP contribution in [0, 0.1) is 17.7 Å². The maximum atomic E-state index is 13.7. The van der Waals surface area contributed by atoms with Crippen LogP contribution in [0.1, 0.15) is 13.8 Å². The summed E-state index contributed by atoms with van der Waals surface area (Å²) in [5, 5.41) is 0. The summed E-state index contributed by atoms with van der Waals surface area (Å²) < 4.78 is 14.6. The fraction of sp³-hybridized carbons (Fsp3) is 0.538. The Bertz CT molecular complexity index is 368. The van der Waals surface area contributed by atoms with Crippen molar-refractivity contribution in [2.45, 2.75) is 13.8 Å². The van der Waals surface area contributed by atoms with E-state index in [0.717, 1.165) is 11.0 Å². The van der Waals surface area contributed by atoms with E-state index in [2.05, 4.69) is 29.8 Å². The van der Waals surface area contributed by atoms with Gasteiger partial charge in [-0.1, -0.05) is 29.8 Å². The van der Waals surface area contributed by atoms with Gasteiger partial charge in [0.25, 0.3) is 0 Å². The van der Waals surface area contributed by atoms with Crippen LogP contribution in [0.3, 0.4) is 0 Å². The fourth-order valence-corrected chi connectivity index (χ4v) is 2.13. The van der Waals surface area contributed by atoms with Gasteiger partial charge in [-0.25, -0.2) is 4.39 Å². The Morgan fingerprint density at radius 2 is 2.06 bits per heavy atom. The minimum Gasteiger partial charge on any atom is -0.372 e. The Balaban J connectivity index is 2.81. The molecule has 1 unspecified atom stereocenters. The summed E-state index contributed by atoms with van der Waals surface area (Å²) in [5.41, 5.74) is 6.35. The van der Waals surface area contributed by atoms with Gasteiger partial charge in [-0.05, 0) is 36.6 Å². The lowest BCUT2D eigenvalue weighted by Gasteiger charge is -2.27. The van der Waals surface area contributed by atoms with Crippen LogP contribution in [0.2, 0.25) is 0 Å². The zero-order valence-electron chi connectivity index (χ0n) is 10.6. The molecule has 1 rings (SSSR count). The van der Waals surface area contributed by atoms with Crippen molar-refractivity contribution in [1.29, 1.82) is 0 Å². The van der Waals surface area contributed by atoms with Crippen molar-refractivity contribution < 1.29 is 4.39 Å². The van der Waals surface area contributed by atoms with Gasteiger partial charge in [0, 0.05) is 18.1 Å². The summed E-state index contributed by atoms with van der Waals surface area (Å²) in [6.07, 6.45) is 0.